The summed E-state index contributed by atoms with van der Waals surface area (Å²) in [5.41, 5.74) is 6.66. The summed E-state index contributed by atoms with van der Waals surface area (Å²) in [5, 5.41) is 3.09. The summed E-state index contributed by atoms with van der Waals surface area (Å²) >= 11 is 5.96. The van der Waals surface area contributed by atoms with Gasteiger partial charge in [0.2, 0.25) is 0 Å². The summed E-state index contributed by atoms with van der Waals surface area (Å²) in [6.45, 7) is -0.197. The van der Waals surface area contributed by atoms with Crippen molar-refractivity contribution in [1.29, 1.82) is 0 Å². The van der Waals surface area contributed by atoms with Crippen molar-refractivity contribution in [1.82, 2.24) is 0 Å². The van der Waals surface area contributed by atoms with Crippen LogP contribution in [0, 0.1) is 0 Å². The molecule has 3 N–H and O–H groups in total. The van der Waals surface area contributed by atoms with Crippen molar-refractivity contribution in [2.24, 2.45) is 0 Å². The second kappa shape index (κ2) is 7.60. The van der Waals surface area contributed by atoms with Crippen molar-refractivity contribution in [3.8, 4) is 17.2 Å². The number of nitrogens with one attached hydrogen (secondary N) is 1. The molecule has 0 spiro atoms. The molecule has 2 aromatic carbocycles. The molecule has 0 atom stereocenters. The molecular weight excluding hydrogens is 320 g/mol. The number of rotatable bonds is 6. The summed E-state index contributed by atoms with van der Waals surface area (Å²) < 4.78 is 15.7. The van der Waals surface area contributed by atoms with Gasteiger partial charge in [-0.15, -0.1) is 0 Å². The number of para-hydroxylation sites is 1. The molecule has 2 aromatic rings. The lowest BCUT2D eigenvalue weighted by Crippen LogP contribution is -2.21. The van der Waals surface area contributed by atoms with E-state index in [-0.39, 0.29) is 12.5 Å². The van der Waals surface area contributed by atoms with E-state index in [1.165, 1.54) is 14.2 Å². The molecule has 0 saturated carbocycles. The van der Waals surface area contributed by atoms with Crippen LogP contribution in [0.25, 0.3) is 0 Å². The molecule has 0 radical (unpaired) electrons. The Hall–Kier alpha value is -2.60. The van der Waals surface area contributed by atoms with E-state index in [0.29, 0.717) is 33.6 Å². The maximum Gasteiger partial charge on any atom is 0.262 e. The highest BCUT2D eigenvalue weighted by atomic mass is 35.5. The largest absolute Gasteiger partial charge is 0.493 e. The zero-order valence-corrected chi connectivity index (χ0v) is 13.5. The molecule has 1 amide bonds. The topological polar surface area (TPSA) is 82.8 Å². The Morgan fingerprint density at radius 3 is 2.43 bits per heavy atom. The highest BCUT2D eigenvalue weighted by molar-refractivity contribution is 6.32. The van der Waals surface area contributed by atoms with Gasteiger partial charge in [-0.2, -0.15) is 0 Å². The summed E-state index contributed by atoms with van der Waals surface area (Å²) in [6, 6.07) is 10.1. The van der Waals surface area contributed by atoms with E-state index in [2.05, 4.69) is 5.32 Å². The number of ether oxygens (including phenoxy) is 3. The number of amides is 1. The second-order valence-electron chi connectivity index (χ2n) is 4.56. The number of anilines is 2. The van der Waals surface area contributed by atoms with Crippen LogP contribution in [0.1, 0.15) is 0 Å². The van der Waals surface area contributed by atoms with Crippen LogP contribution in [0.2, 0.25) is 5.02 Å². The van der Waals surface area contributed by atoms with Gasteiger partial charge in [0.05, 0.1) is 30.6 Å². The number of benzene rings is 2. The lowest BCUT2D eigenvalue weighted by atomic mass is 10.2. The first-order chi connectivity index (χ1) is 11.0. The fraction of sp³-hybridized carbons (Fsp3) is 0.188. The van der Waals surface area contributed by atoms with Crippen LogP contribution in [0.4, 0.5) is 11.4 Å². The number of carbonyl (C=O) groups excluding carboxylic acids is 1. The standard InChI is InChI=1S/C16H17ClN2O4/c1-21-14-7-11(18)12(8-15(14)22-2)19-16(20)9-23-13-6-4-3-5-10(13)17/h3-8H,9,18H2,1-2H3,(H,19,20). The van der Waals surface area contributed by atoms with E-state index in [0.717, 1.165) is 0 Å². The van der Waals surface area contributed by atoms with Crippen molar-refractivity contribution < 1.29 is 19.0 Å². The van der Waals surface area contributed by atoms with Crippen molar-refractivity contribution in [2.75, 3.05) is 31.9 Å². The van der Waals surface area contributed by atoms with Crippen molar-refractivity contribution in [3.63, 3.8) is 0 Å². The van der Waals surface area contributed by atoms with Crippen LogP contribution < -0.4 is 25.3 Å². The van der Waals surface area contributed by atoms with E-state index in [1.54, 1.807) is 36.4 Å². The number of methoxy groups -OCH3 is 2. The molecule has 0 aliphatic heterocycles. The van der Waals surface area contributed by atoms with Crippen molar-refractivity contribution in [3.05, 3.63) is 41.4 Å². The lowest BCUT2D eigenvalue weighted by molar-refractivity contribution is -0.118. The summed E-state index contributed by atoms with van der Waals surface area (Å²) in [4.78, 5) is 12.0. The third-order valence-electron chi connectivity index (χ3n) is 3.03. The van der Waals surface area contributed by atoms with Crippen molar-refractivity contribution >= 4 is 28.9 Å². The molecule has 23 heavy (non-hydrogen) atoms. The number of hydrogen-bond acceptors (Lipinski definition) is 5. The van der Waals surface area contributed by atoms with Gasteiger partial charge in [-0.1, -0.05) is 23.7 Å². The average Bonchev–Trinajstić information content (AvgIpc) is 2.55. The zero-order chi connectivity index (χ0) is 16.8. The molecule has 0 unspecified atom stereocenters. The third-order valence-corrected chi connectivity index (χ3v) is 3.34. The Bertz CT molecular complexity index is 706. The van der Waals surface area contributed by atoms with Gasteiger partial charge in [0.15, 0.2) is 18.1 Å². The lowest BCUT2D eigenvalue weighted by Gasteiger charge is -2.14. The number of nitrogens with two attached hydrogens (primary N) is 1. The molecule has 0 bridgehead atoms. The van der Waals surface area contributed by atoms with Crippen LogP contribution in [0.5, 0.6) is 17.2 Å². The van der Waals surface area contributed by atoms with Gasteiger partial charge in [0, 0.05) is 12.1 Å². The maximum absolute atomic E-state index is 12.0. The van der Waals surface area contributed by atoms with E-state index in [1.807, 2.05) is 0 Å². The van der Waals surface area contributed by atoms with E-state index in [4.69, 9.17) is 31.5 Å². The fourth-order valence-corrected chi connectivity index (χ4v) is 2.08. The van der Waals surface area contributed by atoms with E-state index in [9.17, 15) is 4.79 Å². The van der Waals surface area contributed by atoms with Gasteiger partial charge in [-0.05, 0) is 12.1 Å². The number of carbonyl (C=O) groups is 1. The summed E-state index contributed by atoms with van der Waals surface area (Å²) in [6.07, 6.45) is 0. The van der Waals surface area contributed by atoms with Crippen LogP contribution in [-0.2, 0) is 4.79 Å². The number of nitrogen functional groups attached to an aromatic ring is 1. The van der Waals surface area contributed by atoms with Crippen LogP contribution in [-0.4, -0.2) is 26.7 Å². The van der Waals surface area contributed by atoms with Gasteiger partial charge in [-0.25, -0.2) is 0 Å². The van der Waals surface area contributed by atoms with Crippen LogP contribution in [0.15, 0.2) is 36.4 Å². The van der Waals surface area contributed by atoms with Gasteiger partial charge in [0.1, 0.15) is 5.75 Å². The third kappa shape index (κ3) is 4.20. The predicted octanol–water partition coefficient (Wildman–Crippen LogP) is 2.96. The molecule has 0 heterocycles. The molecular formula is C16H17ClN2O4. The molecule has 7 heteroatoms. The highest BCUT2D eigenvalue weighted by Gasteiger charge is 2.12. The summed E-state index contributed by atoms with van der Waals surface area (Å²) in [7, 11) is 3.01. The van der Waals surface area contributed by atoms with E-state index >= 15 is 0 Å². The smallest absolute Gasteiger partial charge is 0.262 e. The number of hydrogen-bond donors (Lipinski definition) is 2. The summed E-state index contributed by atoms with van der Waals surface area (Å²) in [5.74, 6) is 1.01. The Kier molecular flexibility index (Phi) is 5.54. The van der Waals surface area contributed by atoms with Gasteiger partial charge in [0.25, 0.3) is 5.91 Å². The maximum atomic E-state index is 12.0. The minimum Gasteiger partial charge on any atom is -0.493 e. The van der Waals surface area contributed by atoms with E-state index < -0.39 is 0 Å². The molecule has 0 aliphatic rings. The number of halogens is 1. The molecule has 0 aliphatic carbocycles. The molecule has 0 fully saturated rings. The molecule has 0 aromatic heterocycles. The van der Waals surface area contributed by atoms with Crippen molar-refractivity contribution in [2.45, 2.75) is 0 Å². The first-order valence-corrected chi connectivity index (χ1v) is 7.11. The molecule has 2 rings (SSSR count). The Balaban J connectivity index is 2.04. The zero-order valence-electron chi connectivity index (χ0n) is 12.8. The Labute approximate surface area is 139 Å². The quantitative estimate of drug-likeness (QED) is 0.792. The Morgan fingerprint density at radius 2 is 1.78 bits per heavy atom. The van der Waals surface area contributed by atoms with Gasteiger partial charge >= 0.3 is 0 Å². The first-order valence-electron chi connectivity index (χ1n) is 6.73. The monoisotopic (exact) mass is 336 g/mol. The normalized spacial score (nSPS) is 10.0. The Morgan fingerprint density at radius 1 is 1.13 bits per heavy atom. The fourth-order valence-electron chi connectivity index (χ4n) is 1.89. The minimum absolute atomic E-state index is 0.197. The average molecular weight is 337 g/mol. The molecule has 122 valence electrons. The van der Waals surface area contributed by atoms with Gasteiger partial charge < -0.3 is 25.3 Å². The van der Waals surface area contributed by atoms with Gasteiger partial charge in [-0.3, -0.25) is 4.79 Å². The van der Waals surface area contributed by atoms with Crippen LogP contribution >= 0.6 is 11.6 Å². The second-order valence-corrected chi connectivity index (χ2v) is 4.97. The SMILES string of the molecule is COc1cc(N)c(NC(=O)COc2ccccc2Cl)cc1OC. The van der Waals surface area contributed by atoms with Crippen LogP contribution in [0.3, 0.4) is 0 Å². The molecule has 6 nitrogen and oxygen atoms in total. The highest BCUT2D eigenvalue weighted by Crippen LogP contribution is 2.34. The first kappa shape index (κ1) is 16.8. The predicted molar refractivity (Wildman–Crippen MR) is 89.5 cm³/mol. The minimum atomic E-state index is -0.371. The molecule has 0 saturated heterocycles.